The van der Waals surface area contributed by atoms with Gasteiger partial charge in [-0.1, -0.05) is 6.92 Å². The molecule has 1 atom stereocenters. The van der Waals surface area contributed by atoms with Crippen molar-refractivity contribution in [2.24, 2.45) is 0 Å². The molecule has 0 spiro atoms. The van der Waals surface area contributed by atoms with E-state index < -0.39 is 98.9 Å². The van der Waals surface area contributed by atoms with E-state index in [9.17, 15) is 109 Å². The van der Waals surface area contributed by atoms with E-state index in [0.717, 1.165) is 0 Å². The lowest BCUT2D eigenvalue weighted by Crippen LogP contribution is -2.79. The molecule has 1 aliphatic rings. The topological polar surface area (TPSA) is 69.6 Å². The summed E-state index contributed by atoms with van der Waals surface area (Å²) in [5.74, 6) is -47.9. The van der Waals surface area contributed by atoms with E-state index in [1.54, 1.807) is 0 Å². The second-order valence-electron chi connectivity index (χ2n) is 7.87. The van der Waals surface area contributed by atoms with Crippen molar-refractivity contribution >= 4 is 10.1 Å². The first-order valence-corrected chi connectivity index (χ1v) is 11.2. The van der Waals surface area contributed by atoms with E-state index in [0.29, 0.717) is 0 Å². The highest BCUT2D eigenvalue weighted by Crippen LogP contribution is 2.64. The molecule has 0 saturated heterocycles. The van der Waals surface area contributed by atoms with Gasteiger partial charge in [0.2, 0.25) is 11.9 Å². The van der Waals surface area contributed by atoms with Crippen LogP contribution in [0, 0.1) is 0 Å². The molecule has 1 rings (SSSR count). The minimum atomic E-state index is -8.52. The van der Waals surface area contributed by atoms with E-state index in [1.807, 2.05) is 0 Å². The zero-order valence-corrected chi connectivity index (χ0v) is 20.5. The minimum Gasteiger partial charge on any atom is -0.330 e. The van der Waals surface area contributed by atoms with Gasteiger partial charge >= 0.3 is 70.1 Å². The third-order valence-corrected chi connectivity index (χ3v) is 6.06. The predicted octanol–water partition coefficient (Wildman–Crippen LogP) is 7.39. The Morgan fingerprint density at radius 2 is 1.07 bits per heavy atom. The molecule has 1 aliphatic heterocycles. The van der Waals surface area contributed by atoms with Gasteiger partial charge in [0.25, 0.3) is 0 Å². The van der Waals surface area contributed by atoms with Crippen molar-refractivity contribution in [2.45, 2.75) is 78.9 Å². The van der Waals surface area contributed by atoms with Gasteiger partial charge in [-0.2, -0.15) is 91.8 Å². The lowest BCUT2D eigenvalue weighted by Gasteiger charge is -2.50. The van der Waals surface area contributed by atoms with Crippen LogP contribution in [0.3, 0.4) is 0 Å². The number of nitrogens with zero attached hydrogens (tertiary/aromatic N) is 1. The number of nitrogens with one attached hydrogen (secondary N) is 1. The van der Waals surface area contributed by atoms with Crippen LogP contribution < -0.4 is 5.32 Å². The zero-order chi connectivity index (χ0) is 36.3. The summed E-state index contributed by atoms with van der Waals surface area (Å²) >= 11 is 0. The molecule has 5 nitrogen and oxygen atoms in total. The van der Waals surface area contributed by atoms with Gasteiger partial charge in [0.05, 0.1) is 0 Å². The highest BCUT2D eigenvalue weighted by Gasteiger charge is 2.93. The van der Waals surface area contributed by atoms with Gasteiger partial charge in [0.1, 0.15) is 0 Å². The minimum absolute atomic E-state index is 0.0494. The molecule has 1 unspecified atom stereocenters. The fraction of sp³-hybridized carbons (Fsp3) is 0.867. The van der Waals surface area contributed by atoms with Gasteiger partial charge in [0.15, 0.2) is 5.66 Å². The van der Waals surface area contributed by atoms with E-state index in [2.05, 4.69) is 0 Å². The molecular formula is C15H9F23N2O3S. The van der Waals surface area contributed by atoms with Gasteiger partial charge in [0, 0.05) is 0 Å². The number of halogens is 23. The molecule has 264 valence electrons. The molecule has 0 aromatic rings. The molecule has 0 saturated carbocycles. The quantitative estimate of drug-likeness (QED) is 0.139. The summed E-state index contributed by atoms with van der Waals surface area (Å²) in [6, 6.07) is -6.49. The fourth-order valence-electron chi connectivity index (χ4n) is 2.87. The molecule has 1 heterocycles. The second-order valence-corrected chi connectivity index (χ2v) is 9.37. The van der Waals surface area contributed by atoms with Crippen molar-refractivity contribution in [3.8, 4) is 0 Å². The lowest BCUT2D eigenvalue weighted by atomic mass is 9.85. The maximum absolute atomic E-state index is 14.5. The average Bonchev–Trinajstić information content (AvgIpc) is 3.08. The molecule has 0 aromatic carbocycles. The number of hydrogen-bond donors (Lipinski definition) is 2. The largest absolute Gasteiger partial charge is 0.460 e. The van der Waals surface area contributed by atoms with Crippen molar-refractivity contribution < 1.29 is 114 Å². The third kappa shape index (κ3) is 5.84. The van der Waals surface area contributed by atoms with Crippen LogP contribution in [0.1, 0.15) is 13.3 Å². The first-order chi connectivity index (χ1) is 18.9. The summed E-state index contributed by atoms with van der Waals surface area (Å²) < 4.78 is 324. The van der Waals surface area contributed by atoms with Gasteiger partial charge in [-0.25, -0.2) is 17.6 Å². The molecule has 0 amide bonds. The standard InChI is InChI=1S/C13H7F19N2.C2H2F4O3S/c1-2-6(33-3(14)4(15)34(6)7(18,19)5(16)17)8(20,21)9(22,23)10(24,25)11(26,27)12(28,29)13(30,31)32;3-1(4)2(5,6)10(7,8)9/h5,33H,2H2,1H3;1H,(H,7,8,9). The molecule has 0 bridgehead atoms. The molecule has 0 aliphatic carbocycles. The van der Waals surface area contributed by atoms with Crippen LogP contribution in [0.2, 0.25) is 0 Å². The van der Waals surface area contributed by atoms with Crippen LogP contribution in [0.5, 0.6) is 0 Å². The SMILES string of the molecule is CCC1(C(F)(F)C(F)(F)C(F)(F)C(F)(F)C(F)(F)C(F)(F)F)NC(F)=C(F)N1C(F)(F)C(F)F.O=S(=O)(O)C(F)(F)C(F)F. The van der Waals surface area contributed by atoms with Crippen LogP contribution >= 0.6 is 0 Å². The maximum atomic E-state index is 14.5. The molecule has 0 aromatic heterocycles. The molecule has 0 fully saturated rings. The van der Waals surface area contributed by atoms with Crippen molar-refractivity contribution in [2.75, 3.05) is 0 Å². The van der Waals surface area contributed by atoms with Crippen LogP contribution in [0.15, 0.2) is 11.9 Å². The number of alkyl halides is 21. The molecule has 29 heteroatoms. The van der Waals surface area contributed by atoms with E-state index in [1.165, 1.54) is 0 Å². The van der Waals surface area contributed by atoms with Crippen molar-refractivity contribution in [3.05, 3.63) is 11.9 Å². The van der Waals surface area contributed by atoms with Gasteiger partial charge in [-0.05, 0) is 6.42 Å². The number of rotatable bonds is 10. The Hall–Kier alpha value is -2.36. The third-order valence-electron chi connectivity index (χ3n) is 5.20. The Balaban J connectivity index is 0.00000158. The van der Waals surface area contributed by atoms with Crippen LogP contribution in [-0.4, -0.2) is 83.5 Å². The Morgan fingerprint density at radius 1 is 0.705 bits per heavy atom. The normalized spacial score (nSPS) is 20.3. The summed E-state index contributed by atoms with van der Waals surface area (Å²) in [6.07, 6.45) is -20.1. The number of hydrogen-bond acceptors (Lipinski definition) is 4. The second kappa shape index (κ2) is 11.5. The smallest absolute Gasteiger partial charge is 0.330 e. The van der Waals surface area contributed by atoms with Crippen molar-refractivity contribution in [3.63, 3.8) is 0 Å². The monoisotopic (exact) mass is 734 g/mol. The Labute approximate surface area is 226 Å². The Morgan fingerprint density at radius 3 is 1.32 bits per heavy atom. The van der Waals surface area contributed by atoms with Gasteiger partial charge in [-0.3, -0.25) is 9.45 Å². The average molecular weight is 734 g/mol. The Kier molecular flexibility index (Phi) is 10.8. The summed E-state index contributed by atoms with van der Waals surface area (Å²) in [4.78, 5) is -2.57. The van der Waals surface area contributed by atoms with Gasteiger partial charge < -0.3 is 5.32 Å². The van der Waals surface area contributed by atoms with Crippen molar-refractivity contribution in [1.29, 1.82) is 0 Å². The van der Waals surface area contributed by atoms with Gasteiger partial charge in [-0.15, -0.1) is 0 Å². The summed E-state index contributed by atoms with van der Waals surface area (Å²) in [6.45, 7) is -0.0992. The molecular weight excluding hydrogens is 725 g/mol. The molecule has 2 N–H and O–H groups in total. The fourth-order valence-corrected chi connectivity index (χ4v) is 3.09. The van der Waals surface area contributed by atoms with E-state index >= 15 is 0 Å². The first kappa shape index (κ1) is 41.6. The van der Waals surface area contributed by atoms with E-state index in [4.69, 9.17) is 4.55 Å². The summed E-state index contributed by atoms with van der Waals surface area (Å²) in [5.41, 5.74) is -5.57. The lowest BCUT2D eigenvalue weighted by molar-refractivity contribution is -0.450. The van der Waals surface area contributed by atoms with Crippen molar-refractivity contribution in [1.82, 2.24) is 10.2 Å². The van der Waals surface area contributed by atoms with E-state index in [-0.39, 0.29) is 12.2 Å². The Bertz CT molecular complexity index is 1180. The highest BCUT2D eigenvalue weighted by atomic mass is 32.2. The highest BCUT2D eigenvalue weighted by molar-refractivity contribution is 7.86. The summed E-state index contributed by atoms with van der Waals surface area (Å²) in [5, 5.41) is -5.32. The molecule has 0 radical (unpaired) electrons. The zero-order valence-electron chi connectivity index (χ0n) is 19.7. The predicted molar refractivity (Wildman–Crippen MR) is 91.5 cm³/mol. The summed E-state index contributed by atoms with van der Waals surface area (Å²) in [7, 11) is -5.98. The maximum Gasteiger partial charge on any atom is 0.460 e. The van der Waals surface area contributed by atoms with Crippen LogP contribution in [0.4, 0.5) is 101 Å². The molecule has 44 heavy (non-hydrogen) atoms. The first-order valence-electron chi connectivity index (χ1n) is 9.74. The van der Waals surface area contributed by atoms with Crippen LogP contribution in [-0.2, 0) is 10.1 Å². The van der Waals surface area contributed by atoms with Crippen LogP contribution in [0.25, 0.3) is 0 Å².